The van der Waals surface area contributed by atoms with Crippen molar-refractivity contribution in [2.45, 2.75) is 32.9 Å². The van der Waals surface area contributed by atoms with E-state index in [1.165, 1.54) is 0 Å². The summed E-state index contributed by atoms with van der Waals surface area (Å²) in [6, 6.07) is 1.70. The summed E-state index contributed by atoms with van der Waals surface area (Å²) in [5, 5.41) is 17.3. The largest absolute Gasteiger partial charge is 0.456 e. The number of carbonyl (C=O) groups is 2. The number of nitro benzene ring substituents is 1. The summed E-state index contributed by atoms with van der Waals surface area (Å²) in [6.45, 7) is 2.92. The van der Waals surface area contributed by atoms with Gasteiger partial charge in [0.05, 0.1) is 16.2 Å². The zero-order valence-corrected chi connectivity index (χ0v) is 16.4. The molecule has 0 saturated heterocycles. The van der Waals surface area contributed by atoms with Crippen LogP contribution in [-0.2, 0) is 34.0 Å². The number of ether oxygens (including phenoxy) is 1. The Bertz CT molecular complexity index is 985. The van der Waals surface area contributed by atoms with Gasteiger partial charge in [0.1, 0.15) is 5.69 Å². The summed E-state index contributed by atoms with van der Waals surface area (Å²) in [4.78, 5) is 33.8. The number of hydrogen-bond donors (Lipinski definition) is 1. The Labute approximate surface area is 169 Å². The van der Waals surface area contributed by atoms with E-state index in [0.29, 0.717) is 18.6 Å². The number of carbonyl (C=O) groups excluding carboxylic acids is 2. The summed E-state index contributed by atoms with van der Waals surface area (Å²) in [5.41, 5.74) is -0.0237. The van der Waals surface area contributed by atoms with Gasteiger partial charge in [0.2, 0.25) is 0 Å². The Kier molecular flexibility index (Phi) is 6.80. The molecule has 0 aliphatic rings. The van der Waals surface area contributed by atoms with Gasteiger partial charge in [-0.1, -0.05) is 0 Å². The fraction of sp³-hybridized carbons (Fsp3) is 0.389. The third-order valence-electron chi connectivity index (χ3n) is 4.40. The number of anilines is 1. The summed E-state index contributed by atoms with van der Waals surface area (Å²) < 4.78 is 44.6. The first kappa shape index (κ1) is 22.8. The van der Waals surface area contributed by atoms with Crippen LogP contribution in [0.25, 0.3) is 0 Å². The predicted molar refractivity (Wildman–Crippen MR) is 98.7 cm³/mol. The molecule has 1 heterocycles. The number of nitro groups is 1. The molecule has 0 bridgehead atoms. The van der Waals surface area contributed by atoms with Crippen LogP contribution in [0.5, 0.6) is 0 Å². The lowest BCUT2D eigenvalue weighted by atomic mass is 10.1. The van der Waals surface area contributed by atoms with Crippen LogP contribution >= 0.6 is 0 Å². The zero-order valence-electron chi connectivity index (χ0n) is 16.4. The molecule has 2 aromatic rings. The number of aryl methyl sites for hydroxylation is 2. The minimum atomic E-state index is -4.77. The van der Waals surface area contributed by atoms with Crippen molar-refractivity contribution in [3.05, 3.63) is 50.8 Å². The number of hydrogen-bond acceptors (Lipinski definition) is 6. The molecule has 9 nitrogen and oxygen atoms in total. The van der Waals surface area contributed by atoms with Crippen LogP contribution in [-0.4, -0.2) is 33.2 Å². The molecule has 0 unspecified atom stereocenters. The van der Waals surface area contributed by atoms with Crippen molar-refractivity contribution < 1.29 is 32.4 Å². The lowest BCUT2D eigenvalue weighted by Crippen LogP contribution is -2.21. The first-order valence-electron chi connectivity index (χ1n) is 8.70. The van der Waals surface area contributed by atoms with Gasteiger partial charge in [-0.3, -0.25) is 24.4 Å². The highest BCUT2D eigenvalue weighted by molar-refractivity contribution is 5.94. The standard InChI is InChI=1S/C18H19F3N4O5/c1-10-13(11(2)24(3)23-10)5-7-17(27)30-9-16(26)22-14-6-4-12(18(19,20)21)8-15(14)25(28)29/h4,6,8H,5,7,9H2,1-3H3,(H,22,26). The van der Waals surface area contributed by atoms with E-state index in [9.17, 15) is 32.9 Å². The second kappa shape index (κ2) is 8.93. The average molecular weight is 428 g/mol. The molecule has 162 valence electrons. The maximum atomic E-state index is 12.7. The van der Waals surface area contributed by atoms with Crippen molar-refractivity contribution in [2.24, 2.45) is 7.05 Å². The molecule has 0 radical (unpaired) electrons. The summed E-state index contributed by atoms with van der Waals surface area (Å²) in [5.74, 6) is -1.59. The second-order valence-corrected chi connectivity index (χ2v) is 6.47. The SMILES string of the molecule is Cc1nn(C)c(C)c1CCC(=O)OCC(=O)Nc1ccc(C(F)(F)F)cc1[N+](=O)[O-]. The molecule has 30 heavy (non-hydrogen) atoms. The zero-order chi connectivity index (χ0) is 22.6. The van der Waals surface area contributed by atoms with E-state index in [2.05, 4.69) is 10.4 Å². The molecular formula is C18H19F3N4O5. The quantitative estimate of drug-likeness (QED) is 0.412. The molecule has 12 heteroatoms. The number of benzene rings is 1. The maximum Gasteiger partial charge on any atom is 0.416 e. The predicted octanol–water partition coefficient (Wildman–Crippen LogP) is 3.08. The van der Waals surface area contributed by atoms with Crippen molar-refractivity contribution in [3.63, 3.8) is 0 Å². The van der Waals surface area contributed by atoms with Crippen molar-refractivity contribution >= 4 is 23.3 Å². The number of nitrogens with one attached hydrogen (secondary N) is 1. The Morgan fingerprint density at radius 1 is 1.30 bits per heavy atom. The molecule has 1 aromatic heterocycles. The normalized spacial score (nSPS) is 11.3. The minimum absolute atomic E-state index is 0.0128. The van der Waals surface area contributed by atoms with Gasteiger partial charge in [-0.2, -0.15) is 18.3 Å². The van der Waals surface area contributed by atoms with Gasteiger partial charge in [-0.15, -0.1) is 0 Å². The number of nitrogens with zero attached hydrogens (tertiary/aromatic N) is 3. The van der Waals surface area contributed by atoms with Crippen LogP contribution in [0.15, 0.2) is 18.2 Å². The van der Waals surface area contributed by atoms with E-state index in [4.69, 9.17) is 4.74 Å². The van der Waals surface area contributed by atoms with Crippen LogP contribution in [0.2, 0.25) is 0 Å². The van der Waals surface area contributed by atoms with Gasteiger partial charge >= 0.3 is 12.1 Å². The van der Waals surface area contributed by atoms with Gasteiger partial charge < -0.3 is 10.1 Å². The molecular weight excluding hydrogens is 409 g/mol. The second-order valence-electron chi connectivity index (χ2n) is 6.47. The molecule has 1 amide bonds. The fourth-order valence-corrected chi connectivity index (χ4v) is 2.78. The number of esters is 1. The molecule has 1 N–H and O–H groups in total. The highest BCUT2D eigenvalue weighted by Gasteiger charge is 2.33. The molecule has 0 saturated carbocycles. The Hall–Kier alpha value is -3.44. The van der Waals surface area contributed by atoms with Crippen molar-refractivity contribution in [1.29, 1.82) is 0 Å². The van der Waals surface area contributed by atoms with Crippen LogP contribution in [0, 0.1) is 24.0 Å². The van der Waals surface area contributed by atoms with E-state index < -0.39 is 46.5 Å². The Morgan fingerprint density at radius 3 is 2.50 bits per heavy atom. The number of alkyl halides is 3. The molecule has 0 fully saturated rings. The van der Waals surface area contributed by atoms with Gasteiger partial charge in [0.25, 0.3) is 11.6 Å². The number of halogens is 3. The maximum absolute atomic E-state index is 12.7. The fourth-order valence-electron chi connectivity index (χ4n) is 2.78. The van der Waals surface area contributed by atoms with Crippen molar-refractivity contribution in [2.75, 3.05) is 11.9 Å². The van der Waals surface area contributed by atoms with Gasteiger partial charge in [0.15, 0.2) is 6.61 Å². The monoisotopic (exact) mass is 428 g/mol. The van der Waals surface area contributed by atoms with Crippen LogP contribution in [0.3, 0.4) is 0 Å². The lowest BCUT2D eigenvalue weighted by molar-refractivity contribution is -0.384. The minimum Gasteiger partial charge on any atom is -0.456 e. The average Bonchev–Trinajstić information content (AvgIpc) is 2.89. The Balaban J connectivity index is 1.94. The highest BCUT2D eigenvalue weighted by Crippen LogP contribution is 2.34. The summed E-state index contributed by atoms with van der Waals surface area (Å²) in [7, 11) is 1.77. The molecule has 2 rings (SSSR count). The first-order valence-corrected chi connectivity index (χ1v) is 8.70. The molecule has 0 aliphatic carbocycles. The first-order chi connectivity index (χ1) is 13.9. The third-order valence-corrected chi connectivity index (χ3v) is 4.40. The number of rotatable bonds is 7. The smallest absolute Gasteiger partial charge is 0.416 e. The third kappa shape index (κ3) is 5.55. The van der Waals surface area contributed by atoms with E-state index in [0.717, 1.165) is 23.0 Å². The summed E-state index contributed by atoms with van der Waals surface area (Å²) in [6.07, 6.45) is -4.43. The van der Waals surface area contributed by atoms with Crippen LogP contribution in [0.4, 0.5) is 24.5 Å². The van der Waals surface area contributed by atoms with Gasteiger partial charge in [-0.25, -0.2) is 0 Å². The summed E-state index contributed by atoms with van der Waals surface area (Å²) >= 11 is 0. The van der Waals surface area contributed by atoms with E-state index in [1.807, 2.05) is 6.92 Å². The molecule has 0 atom stereocenters. The van der Waals surface area contributed by atoms with Crippen LogP contribution < -0.4 is 5.32 Å². The van der Waals surface area contributed by atoms with Crippen molar-refractivity contribution in [3.8, 4) is 0 Å². The van der Waals surface area contributed by atoms with Crippen molar-refractivity contribution in [1.82, 2.24) is 9.78 Å². The topological polar surface area (TPSA) is 116 Å². The van der Waals surface area contributed by atoms with E-state index in [1.54, 1.807) is 18.7 Å². The Morgan fingerprint density at radius 2 is 1.97 bits per heavy atom. The molecule has 0 aliphatic heterocycles. The highest BCUT2D eigenvalue weighted by atomic mass is 19.4. The lowest BCUT2D eigenvalue weighted by Gasteiger charge is -2.10. The number of amides is 1. The van der Waals surface area contributed by atoms with Crippen LogP contribution in [0.1, 0.15) is 28.9 Å². The molecule has 1 aromatic carbocycles. The van der Waals surface area contributed by atoms with Gasteiger partial charge in [-0.05, 0) is 38.0 Å². The number of aromatic nitrogens is 2. The van der Waals surface area contributed by atoms with E-state index in [-0.39, 0.29) is 6.42 Å². The van der Waals surface area contributed by atoms with Gasteiger partial charge in [0, 0.05) is 25.2 Å². The van der Waals surface area contributed by atoms with E-state index >= 15 is 0 Å². The molecule has 0 spiro atoms.